The fourth-order valence-corrected chi connectivity index (χ4v) is 3.61. The molecule has 1 fully saturated rings. The third-order valence-corrected chi connectivity index (χ3v) is 5.15. The number of hydrogen-bond donors (Lipinski definition) is 3. The van der Waals surface area contributed by atoms with Gasteiger partial charge in [-0.25, -0.2) is 0 Å². The molecule has 1 aromatic heterocycles. The predicted molar refractivity (Wildman–Crippen MR) is 98.4 cm³/mol. The molecule has 0 aliphatic heterocycles. The van der Waals surface area contributed by atoms with Crippen molar-refractivity contribution in [2.75, 3.05) is 0 Å². The summed E-state index contributed by atoms with van der Waals surface area (Å²) in [6.07, 6.45) is 3.95. The van der Waals surface area contributed by atoms with Gasteiger partial charge in [0, 0.05) is 28.7 Å². The van der Waals surface area contributed by atoms with E-state index in [1.54, 1.807) is 0 Å². The van der Waals surface area contributed by atoms with Crippen molar-refractivity contribution >= 4 is 16.8 Å². The highest BCUT2D eigenvalue weighted by atomic mass is 16.3. The van der Waals surface area contributed by atoms with Crippen LogP contribution in [0, 0.1) is 5.92 Å². The third kappa shape index (κ3) is 3.44. The minimum absolute atomic E-state index is 0.0419. The fraction of sp³-hybridized carbons (Fsp3) is 0.286. The second-order valence-electron chi connectivity index (χ2n) is 6.93. The highest BCUT2D eigenvalue weighted by Crippen LogP contribution is 2.32. The van der Waals surface area contributed by atoms with Crippen LogP contribution in [0.3, 0.4) is 0 Å². The highest BCUT2D eigenvalue weighted by molar-refractivity contribution is 5.98. The van der Waals surface area contributed by atoms with E-state index < -0.39 is 0 Å². The second kappa shape index (κ2) is 6.73. The van der Waals surface area contributed by atoms with Gasteiger partial charge in [0.15, 0.2) is 0 Å². The van der Waals surface area contributed by atoms with Crippen molar-refractivity contribution in [1.29, 1.82) is 0 Å². The summed E-state index contributed by atoms with van der Waals surface area (Å²) in [5.74, 6) is 0.278. The molecule has 1 amide bonds. The molecule has 3 N–H and O–H groups in total. The van der Waals surface area contributed by atoms with Crippen molar-refractivity contribution in [3.63, 3.8) is 0 Å². The van der Waals surface area contributed by atoms with E-state index in [1.165, 1.54) is 5.56 Å². The summed E-state index contributed by atoms with van der Waals surface area (Å²) in [6.45, 7) is 0. The highest BCUT2D eigenvalue weighted by Gasteiger charge is 2.34. The Hall–Kier alpha value is -2.59. The largest absolute Gasteiger partial charge is 0.393 e. The summed E-state index contributed by atoms with van der Waals surface area (Å²) < 4.78 is 0. The van der Waals surface area contributed by atoms with Crippen LogP contribution in [0.2, 0.25) is 0 Å². The molecule has 4 heteroatoms. The van der Waals surface area contributed by atoms with Gasteiger partial charge in [-0.15, -0.1) is 0 Å². The number of rotatable bonds is 5. The Morgan fingerprint density at radius 1 is 1.16 bits per heavy atom. The van der Waals surface area contributed by atoms with E-state index in [9.17, 15) is 9.90 Å². The van der Waals surface area contributed by atoms with Crippen molar-refractivity contribution in [2.24, 2.45) is 5.92 Å². The number of carbonyl (C=O) groups excluding carboxylic acids is 1. The molecule has 1 heterocycles. The number of nitrogens with one attached hydrogen (secondary N) is 2. The molecule has 0 saturated heterocycles. The number of aromatic amines is 1. The van der Waals surface area contributed by atoms with E-state index in [4.69, 9.17) is 0 Å². The zero-order valence-electron chi connectivity index (χ0n) is 14.0. The van der Waals surface area contributed by atoms with E-state index in [1.807, 2.05) is 48.7 Å². The van der Waals surface area contributed by atoms with Crippen LogP contribution in [0.5, 0.6) is 0 Å². The molecule has 1 aliphatic rings. The summed E-state index contributed by atoms with van der Waals surface area (Å²) in [7, 11) is 0. The van der Waals surface area contributed by atoms with Crippen LogP contribution in [0.25, 0.3) is 10.9 Å². The van der Waals surface area contributed by atoms with E-state index >= 15 is 0 Å². The lowest BCUT2D eigenvalue weighted by molar-refractivity contribution is 0.0239. The Morgan fingerprint density at radius 2 is 1.96 bits per heavy atom. The number of hydrogen-bond acceptors (Lipinski definition) is 2. The van der Waals surface area contributed by atoms with E-state index in [2.05, 4.69) is 22.4 Å². The lowest BCUT2D eigenvalue weighted by Crippen LogP contribution is -2.48. The fourth-order valence-electron chi connectivity index (χ4n) is 3.61. The molecular weight excluding hydrogens is 312 g/mol. The van der Waals surface area contributed by atoms with Crippen molar-refractivity contribution < 1.29 is 9.90 Å². The molecule has 0 spiro atoms. The minimum atomic E-state index is -0.226. The number of aliphatic hydroxyl groups is 1. The van der Waals surface area contributed by atoms with Gasteiger partial charge in [0.2, 0.25) is 0 Å². The Bertz CT molecular complexity index is 866. The molecule has 3 aromatic rings. The molecule has 4 nitrogen and oxygen atoms in total. The summed E-state index contributed by atoms with van der Waals surface area (Å²) in [5.41, 5.74) is 2.90. The standard InChI is InChI=1S/C21H22N2O2/c24-18-12-17(13-18)20(10-14-4-2-1-3-5-14)23-21(25)16-6-7-19-15(11-16)8-9-22-19/h1-9,11,17-18,20,22,24H,10,12-13H2,(H,23,25)/t17?,18?,20-/m1/s1. The average molecular weight is 334 g/mol. The smallest absolute Gasteiger partial charge is 0.251 e. The van der Waals surface area contributed by atoms with Gasteiger partial charge in [0.05, 0.1) is 6.10 Å². The summed E-state index contributed by atoms with van der Waals surface area (Å²) in [6, 6.07) is 17.9. The first kappa shape index (κ1) is 15.9. The molecule has 128 valence electrons. The zero-order chi connectivity index (χ0) is 17.2. The molecule has 0 bridgehead atoms. The zero-order valence-corrected chi connectivity index (χ0v) is 14.0. The number of benzene rings is 2. The predicted octanol–water partition coefficient (Wildman–Crippen LogP) is 3.28. The molecular formula is C21H22N2O2. The molecule has 0 radical (unpaired) electrons. The monoisotopic (exact) mass is 334 g/mol. The summed E-state index contributed by atoms with van der Waals surface area (Å²) in [4.78, 5) is 15.9. The molecule has 25 heavy (non-hydrogen) atoms. The molecule has 0 unspecified atom stereocenters. The lowest BCUT2D eigenvalue weighted by Gasteiger charge is -2.38. The van der Waals surface area contributed by atoms with Crippen LogP contribution in [-0.4, -0.2) is 28.1 Å². The minimum Gasteiger partial charge on any atom is -0.393 e. The number of amides is 1. The van der Waals surface area contributed by atoms with Gasteiger partial charge in [-0.2, -0.15) is 0 Å². The van der Waals surface area contributed by atoms with E-state index in [0.717, 1.165) is 30.2 Å². The molecule has 4 rings (SSSR count). The summed E-state index contributed by atoms with van der Waals surface area (Å²) >= 11 is 0. The number of aliphatic hydroxyl groups excluding tert-OH is 1. The Balaban J connectivity index is 1.51. The normalized spacial score (nSPS) is 20.8. The van der Waals surface area contributed by atoms with Crippen LogP contribution in [0.4, 0.5) is 0 Å². The van der Waals surface area contributed by atoms with Crippen LogP contribution in [-0.2, 0) is 6.42 Å². The van der Waals surface area contributed by atoms with Crippen LogP contribution < -0.4 is 5.32 Å². The quantitative estimate of drug-likeness (QED) is 0.670. The molecule has 2 aromatic carbocycles. The number of carbonyl (C=O) groups is 1. The van der Waals surface area contributed by atoms with Crippen LogP contribution in [0.15, 0.2) is 60.8 Å². The maximum absolute atomic E-state index is 12.8. The van der Waals surface area contributed by atoms with Crippen LogP contribution >= 0.6 is 0 Å². The van der Waals surface area contributed by atoms with E-state index in [-0.39, 0.29) is 18.1 Å². The van der Waals surface area contributed by atoms with Crippen molar-refractivity contribution in [1.82, 2.24) is 10.3 Å². The Kier molecular flexibility index (Phi) is 4.28. The van der Waals surface area contributed by atoms with Gasteiger partial charge in [-0.05, 0) is 55.0 Å². The maximum atomic E-state index is 12.8. The van der Waals surface area contributed by atoms with Crippen molar-refractivity contribution in [2.45, 2.75) is 31.4 Å². The van der Waals surface area contributed by atoms with E-state index in [0.29, 0.717) is 11.5 Å². The van der Waals surface area contributed by atoms with Crippen LogP contribution in [0.1, 0.15) is 28.8 Å². The molecule has 1 atom stereocenters. The topological polar surface area (TPSA) is 65.1 Å². The Labute approximate surface area is 146 Å². The SMILES string of the molecule is O=C(N[C@H](Cc1ccccc1)C1CC(O)C1)c1ccc2[nH]ccc2c1. The first-order valence-corrected chi connectivity index (χ1v) is 8.79. The average Bonchev–Trinajstić information content (AvgIpc) is 3.07. The van der Waals surface area contributed by atoms with Gasteiger partial charge in [-0.3, -0.25) is 4.79 Å². The molecule has 1 aliphatic carbocycles. The first-order valence-electron chi connectivity index (χ1n) is 8.79. The van der Waals surface area contributed by atoms with Crippen molar-refractivity contribution in [3.8, 4) is 0 Å². The second-order valence-corrected chi connectivity index (χ2v) is 6.93. The Morgan fingerprint density at radius 3 is 2.72 bits per heavy atom. The lowest BCUT2D eigenvalue weighted by atomic mass is 9.75. The number of H-pyrrole nitrogens is 1. The van der Waals surface area contributed by atoms with Gasteiger partial charge in [0.1, 0.15) is 0 Å². The van der Waals surface area contributed by atoms with Gasteiger partial charge < -0.3 is 15.4 Å². The van der Waals surface area contributed by atoms with Gasteiger partial charge in [-0.1, -0.05) is 30.3 Å². The van der Waals surface area contributed by atoms with Gasteiger partial charge >= 0.3 is 0 Å². The maximum Gasteiger partial charge on any atom is 0.251 e. The first-order chi connectivity index (χ1) is 12.2. The molecule has 1 saturated carbocycles. The number of aromatic nitrogens is 1. The number of fused-ring (bicyclic) bond motifs is 1. The summed E-state index contributed by atoms with van der Waals surface area (Å²) in [5, 5.41) is 13.9. The van der Waals surface area contributed by atoms with Crippen molar-refractivity contribution in [3.05, 3.63) is 71.9 Å². The van der Waals surface area contributed by atoms with Gasteiger partial charge in [0.25, 0.3) is 5.91 Å². The third-order valence-electron chi connectivity index (χ3n) is 5.15.